The van der Waals surface area contributed by atoms with Crippen LogP contribution in [0.2, 0.25) is 0 Å². The average molecular weight is 208 g/mol. The molecule has 0 aliphatic carbocycles. The fourth-order valence-electron chi connectivity index (χ4n) is 1.21. The van der Waals surface area contributed by atoms with Gasteiger partial charge in [-0.15, -0.1) is 0 Å². The zero-order valence-corrected chi connectivity index (χ0v) is 9.32. The number of hydrogen-bond acceptors (Lipinski definition) is 3. The Kier molecular flexibility index (Phi) is 4.16. The molecule has 0 N–H and O–H groups in total. The molecule has 0 heterocycles. The van der Waals surface area contributed by atoms with E-state index in [2.05, 4.69) is 4.74 Å². The molecule has 3 heteroatoms. The summed E-state index contributed by atoms with van der Waals surface area (Å²) in [6.45, 7) is 3.89. The maximum absolute atomic E-state index is 11.3. The van der Waals surface area contributed by atoms with Crippen LogP contribution in [0.15, 0.2) is 24.3 Å². The molecule has 0 spiro atoms. The van der Waals surface area contributed by atoms with Gasteiger partial charge < -0.3 is 9.47 Å². The summed E-state index contributed by atoms with van der Waals surface area (Å²) in [4.78, 5) is 11.3. The molecule has 1 unspecified atom stereocenters. The normalized spacial score (nSPS) is 11.9. The van der Waals surface area contributed by atoms with Crippen molar-refractivity contribution < 1.29 is 14.3 Å². The number of carbonyl (C=O) groups is 1. The van der Waals surface area contributed by atoms with Gasteiger partial charge in [0, 0.05) is 0 Å². The van der Waals surface area contributed by atoms with Gasteiger partial charge in [-0.05, 0) is 25.5 Å². The van der Waals surface area contributed by atoms with Gasteiger partial charge in [-0.3, -0.25) is 0 Å². The Hall–Kier alpha value is -1.51. The molecule has 0 fully saturated rings. The molecule has 82 valence electrons. The third-order valence-electron chi connectivity index (χ3n) is 2.13. The van der Waals surface area contributed by atoms with E-state index in [9.17, 15) is 4.79 Å². The third kappa shape index (κ3) is 3.27. The number of hydrogen-bond donors (Lipinski definition) is 0. The number of esters is 1. The summed E-state index contributed by atoms with van der Waals surface area (Å²) in [5.41, 5.74) is 1.16. The number of rotatable bonds is 4. The lowest BCUT2D eigenvalue weighted by atomic mass is 10.2. The molecule has 0 radical (unpaired) electrons. The highest BCUT2D eigenvalue weighted by Crippen LogP contribution is 2.14. The van der Waals surface area contributed by atoms with E-state index in [4.69, 9.17) is 4.74 Å². The minimum Gasteiger partial charge on any atom is -0.479 e. The summed E-state index contributed by atoms with van der Waals surface area (Å²) in [7, 11) is 1.36. The molecule has 0 aliphatic heterocycles. The van der Waals surface area contributed by atoms with E-state index in [-0.39, 0.29) is 5.97 Å². The van der Waals surface area contributed by atoms with E-state index in [1.807, 2.05) is 38.1 Å². The summed E-state index contributed by atoms with van der Waals surface area (Å²) in [6, 6.07) is 7.58. The van der Waals surface area contributed by atoms with Gasteiger partial charge in [0.1, 0.15) is 5.75 Å². The SMILES string of the molecule is CCC(Oc1ccc(C)cc1)C(=O)OC. The second kappa shape index (κ2) is 5.39. The molecule has 0 aromatic heterocycles. The van der Waals surface area contributed by atoms with Crippen LogP contribution in [0.5, 0.6) is 5.75 Å². The van der Waals surface area contributed by atoms with Crippen LogP contribution < -0.4 is 4.74 Å². The van der Waals surface area contributed by atoms with Crippen LogP contribution in [0.1, 0.15) is 18.9 Å². The zero-order valence-electron chi connectivity index (χ0n) is 9.32. The fourth-order valence-corrected chi connectivity index (χ4v) is 1.21. The minimum absolute atomic E-state index is 0.335. The first-order valence-corrected chi connectivity index (χ1v) is 4.98. The Morgan fingerprint density at radius 2 is 1.93 bits per heavy atom. The number of benzene rings is 1. The van der Waals surface area contributed by atoms with Crippen molar-refractivity contribution in [1.29, 1.82) is 0 Å². The zero-order chi connectivity index (χ0) is 11.3. The van der Waals surface area contributed by atoms with E-state index < -0.39 is 6.10 Å². The van der Waals surface area contributed by atoms with Gasteiger partial charge in [0.05, 0.1) is 7.11 Å². The molecular weight excluding hydrogens is 192 g/mol. The Morgan fingerprint density at radius 3 is 2.40 bits per heavy atom. The minimum atomic E-state index is -0.516. The smallest absolute Gasteiger partial charge is 0.347 e. The lowest BCUT2D eigenvalue weighted by Gasteiger charge is -2.14. The van der Waals surface area contributed by atoms with E-state index in [1.165, 1.54) is 7.11 Å². The Morgan fingerprint density at radius 1 is 1.33 bits per heavy atom. The fraction of sp³-hybridized carbons (Fsp3) is 0.417. The second-order valence-electron chi connectivity index (χ2n) is 3.35. The molecule has 1 atom stereocenters. The van der Waals surface area contributed by atoms with Crippen molar-refractivity contribution in [2.75, 3.05) is 7.11 Å². The molecule has 15 heavy (non-hydrogen) atoms. The van der Waals surface area contributed by atoms with Crippen LogP contribution >= 0.6 is 0 Å². The lowest BCUT2D eigenvalue weighted by molar-refractivity contribution is -0.148. The standard InChI is InChI=1S/C12H16O3/c1-4-11(12(13)14-3)15-10-7-5-9(2)6-8-10/h5-8,11H,4H2,1-3H3. The molecule has 1 aromatic carbocycles. The molecule has 0 bridgehead atoms. The van der Waals surface area contributed by atoms with Crippen LogP contribution in [0.25, 0.3) is 0 Å². The summed E-state index contributed by atoms with van der Waals surface area (Å²) in [5.74, 6) is 0.357. The monoisotopic (exact) mass is 208 g/mol. The maximum atomic E-state index is 11.3. The van der Waals surface area contributed by atoms with Crippen LogP contribution in [0.4, 0.5) is 0 Å². The Bertz CT molecular complexity index is 316. The predicted octanol–water partition coefficient (Wildman–Crippen LogP) is 2.33. The first-order valence-electron chi connectivity index (χ1n) is 4.98. The van der Waals surface area contributed by atoms with Gasteiger partial charge >= 0.3 is 5.97 Å². The van der Waals surface area contributed by atoms with Crippen LogP contribution in [-0.4, -0.2) is 19.2 Å². The van der Waals surface area contributed by atoms with Crippen LogP contribution in [0.3, 0.4) is 0 Å². The summed E-state index contributed by atoms with van der Waals surface area (Å²) in [5, 5.41) is 0. The van der Waals surface area contributed by atoms with Crippen molar-refractivity contribution >= 4 is 5.97 Å². The van der Waals surface area contributed by atoms with Crippen LogP contribution in [0, 0.1) is 6.92 Å². The maximum Gasteiger partial charge on any atom is 0.347 e. The van der Waals surface area contributed by atoms with Gasteiger partial charge in [-0.25, -0.2) is 4.79 Å². The Balaban J connectivity index is 2.66. The topological polar surface area (TPSA) is 35.5 Å². The van der Waals surface area contributed by atoms with E-state index in [1.54, 1.807) is 0 Å². The lowest BCUT2D eigenvalue weighted by Crippen LogP contribution is -2.27. The molecule has 3 nitrogen and oxygen atoms in total. The highest BCUT2D eigenvalue weighted by atomic mass is 16.6. The number of methoxy groups -OCH3 is 1. The highest BCUT2D eigenvalue weighted by Gasteiger charge is 2.18. The average Bonchev–Trinajstić information content (AvgIpc) is 2.27. The summed E-state index contributed by atoms with van der Waals surface area (Å²) >= 11 is 0. The molecule has 0 saturated carbocycles. The van der Waals surface area contributed by atoms with Crippen molar-refractivity contribution in [3.8, 4) is 5.75 Å². The van der Waals surface area contributed by atoms with Crippen molar-refractivity contribution in [2.24, 2.45) is 0 Å². The largest absolute Gasteiger partial charge is 0.479 e. The molecule has 0 saturated heterocycles. The van der Waals surface area contributed by atoms with Gasteiger partial charge in [0.25, 0.3) is 0 Å². The third-order valence-corrected chi connectivity index (χ3v) is 2.13. The quantitative estimate of drug-likeness (QED) is 0.712. The summed E-state index contributed by atoms with van der Waals surface area (Å²) < 4.78 is 10.1. The van der Waals surface area contributed by atoms with Crippen molar-refractivity contribution in [1.82, 2.24) is 0 Å². The van der Waals surface area contributed by atoms with E-state index >= 15 is 0 Å². The number of ether oxygens (including phenoxy) is 2. The van der Waals surface area contributed by atoms with Crippen molar-refractivity contribution in [3.05, 3.63) is 29.8 Å². The first-order chi connectivity index (χ1) is 7.17. The van der Waals surface area contributed by atoms with Crippen molar-refractivity contribution in [2.45, 2.75) is 26.4 Å². The van der Waals surface area contributed by atoms with Crippen LogP contribution in [-0.2, 0) is 9.53 Å². The predicted molar refractivity (Wildman–Crippen MR) is 57.9 cm³/mol. The molecular formula is C12H16O3. The second-order valence-corrected chi connectivity index (χ2v) is 3.35. The number of carbonyl (C=O) groups excluding carboxylic acids is 1. The molecule has 0 aliphatic rings. The molecule has 0 amide bonds. The van der Waals surface area contributed by atoms with Gasteiger partial charge in [-0.2, -0.15) is 0 Å². The first kappa shape index (κ1) is 11.6. The van der Waals surface area contributed by atoms with Gasteiger partial charge in [-0.1, -0.05) is 24.6 Å². The highest BCUT2D eigenvalue weighted by molar-refractivity contribution is 5.74. The number of aryl methyl sites for hydroxylation is 1. The Labute approximate surface area is 90.0 Å². The van der Waals surface area contributed by atoms with E-state index in [0.717, 1.165) is 5.56 Å². The van der Waals surface area contributed by atoms with E-state index in [0.29, 0.717) is 12.2 Å². The molecule has 1 rings (SSSR count). The van der Waals surface area contributed by atoms with Gasteiger partial charge in [0.15, 0.2) is 6.10 Å². The van der Waals surface area contributed by atoms with Gasteiger partial charge in [0.2, 0.25) is 0 Å². The summed E-state index contributed by atoms with van der Waals surface area (Å²) in [6.07, 6.45) is 0.0818. The molecule has 1 aromatic rings. The van der Waals surface area contributed by atoms with Crippen molar-refractivity contribution in [3.63, 3.8) is 0 Å².